The lowest BCUT2D eigenvalue weighted by atomic mass is 10.2. The molecule has 6 nitrogen and oxygen atoms in total. The van der Waals surface area contributed by atoms with Crippen molar-refractivity contribution >= 4 is 16.1 Å². The second kappa shape index (κ2) is 7.17. The number of likely N-dealkylation sites (N-methyl/N-ethyl adjacent to an activating group) is 1. The SMILES string of the molecule is CN(CCN1CCCC1=O)S(=O)(=O)NCc1ccc(F)cc1. The third-order valence-electron chi connectivity index (χ3n) is 3.64. The molecular weight excluding hydrogens is 309 g/mol. The number of nitrogens with zero attached hydrogens (tertiary/aromatic N) is 2. The average molecular weight is 329 g/mol. The summed E-state index contributed by atoms with van der Waals surface area (Å²) in [4.78, 5) is 13.2. The van der Waals surface area contributed by atoms with E-state index in [0.717, 1.165) is 6.42 Å². The monoisotopic (exact) mass is 329 g/mol. The normalized spacial score (nSPS) is 15.8. The molecule has 22 heavy (non-hydrogen) atoms. The van der Waals surface area contributed by atoms with Crippen LogP contribution in [-0.2, 0) is 21.5 Å². The second-order valence-electron chi connectivity index (χ2n) is 5.26. The lowest BCUT2D eigenvalue weighted by Gasteiger charge is -2.21. The summed E-state index contributed by atoms with van der Waals surface area (Å²) in [5.41, 5.74) is 0.674. The van der Waals surface area contributed by atoms with Crippen LogP contribution in [0.3, 0.4) is 0 Å². The molecule has 1 amide bonds. The summed E-state index contributed by atoms with van der Waals surface area (Å²) in [6, 6.07) is 5.63. The first-order valence-corrected chi connectivity index (χ1v) is 8.55. The fraction of sp³-hybridized carbons (Fsp3) is 0.500. The van der Waals surface area contributed by atoms with Crippen molar-refractivity contribution < 1.29 is 17.6 Å². The Labute approximate surface area is 130 Å². The van der Waals surface area contributed by atoms with Gasteiger partial charge >= 0.3 is 0 Å². The molecule has 1 aromatic carbocycles. The predicted octanol–water partition coefficient (Wildman–Crippen LogP) is 0.714. The van der Waals surface area contributed by atoms with Crippen molar-refractivity contribution in [3.8, 4) is 0 Å². The van der Waals surface area contributed by atoms with Gasteiger partial charge in [-0.15, -0.1) is 0 Å². The van der Waals surface area contributed by atoms with Gasteiger partial charge in [0.15, 0.2) is 0 Å². The smallest absolute Gasteiger partial charge is 0.279 e. The molecule has 0 saturated carbocycles. The highest BCUT2D eigenvalue weighted by Gasteiger charge is 2.23. The van der Waals surface area contributed by atoms with E-state index in [-0.39, 0.29) is 24.8 Å². The van der Waals surface area contributed by atoms with Crippen LogP contribution < -0.4 is 4.72 Å². The van der Waals surface area contributed by atoms with E-state index in [2.05, 4.69) is 4.72 Å². The van der Waals surface area contributed by atoms with Gasteiger partial charge in [-0.3, -0.25) is 4.79 Å². The Morgan fingerprint density at radius 1 is 1.32 bits per heavy atom. The van der Waals surface area contributed by atoms with Crippen LogP contribution in [0, 0.1) is 5.82 Å². The van der Waals surface area contributed by atoms with E-state index in [4.69, 9.17) is 0 Å². The largest absolute Gasteiger partial charge is 0.341 e. The van der Waals surface area contributed by atoms with Crippen molar-refractivity contribution in [1.82, 2.24) is 13.9 Å². The molecule has 8 heteroatoms. The molecule has 1 aliphatic rings. The van der Waals surface area contributed by atoms with Crippen LogP contribution in [0.2, 0.25) is 0 Å². The van der Waals surface area contributed by atoms with E-state index in [1.807, 2.05) is 0 Å². The summed E-state index contributed by atoms with van der Waals surface area (Å²) in [5, 5.41) is 0. The number of carbonyl (C=O) groups is 1. The molecule has 1 heterocycles. The van der Waals surface area contributed by atoms with Crippen LogP contribution in [0.15, 0.2) is 24.3 Å². The minimum absolute atomic E-state index is 0.0741. The average Bonchev–Trinajstić information content (AvgIpc) is 2.89. The van der Waals surface area contributed by atoms with Crippen molar-refractivity contribution in [3.05, 3.63) is 35.6 Å². The van der Waals surface area contributed by atoms with Gasteiger partial charge in [0.2, 0.25) is 5.91 Å². The van der Waals surface area contributed by atoms with Gasteiger partial charge in [0.1, 0.15) is 5.82 Å². The standard InChI is InChI=1S/C14H20FN3O3S/c1-17(9-10-18-8-2-3-14(18)19)22(20,21)16-11-12-4-6-13(15)7-5-12/h4-7,16H,2-3,8-11H2,1H3. The summed E-state index contributed by atoms with van der Waals surface area (Å²) in [7, 11) is -2.16. The number of carbonyl (C=O) groups excluding carboxylic acids is 1. The van der Waals surface area contributed by atoms with Gasteiger partial charge in [-0.1, -0.05) is 12.1 Å². The number of hydrogen-bond donors (Lipinski definition) is 1. The Kier molecular flexibility index (Phi) is 5.49. The predicted molar refractivity (Wildman–Crippen MR) is 80.6 cm³/mol. The van der Waals surface area contributed by atoms with Gasteiger partial charge < -0.3 is 4.90 Å². The zero-order chi connectivity index (χ0) is 16.2. The Morgan fingerprint density at radius 2 is 2.00 bits per heavy atom. The Bertz CT molecular complexity index is 619. The number of nitrogens with one attached hydrogen (secondary N) is 1. The maximum atomic E-state index is 12.8. The van der Waals surface area contributed by atoms with Crippen molar-refractivity contribution in [1.29, 1.82) is 0 Å². The summed E-state index contributed by atoms with van der Waals surface area (Å²) in [6.07, 6.45) is 1.37. The molecule has 0 aliphatic carbocycles. The summed E-state index contributed by atoms with van der Waals surface area (Å²) < 4.78 is 40.6. The molecule has 1 aliphatic heterocycles. The third kappa shape index (κ3) is 4.49. The van der Waals surface area contributed by atoms with Gasteiger partial charge in [-0.2, -0.15) is 17.4 Å². The molecule has 2 rings (SSSR count). The molecule has 1 fully saturated rings. The maximum absolute atomic E-state index is 12.8. The minimum atomic E-state index is -3.63. The van der Waals surface area contributed by atoms with Gasteiger partial charge in [0.05, 0.1) is 0 Å². The summed E-state index contributed by atoms with van der Waals surface area (Å²) in [5.74, 6) is -0.288. The Hall–Kier alpha value is -1.51. The lowest BCUT2D eigenvalue weighted by molar-refractivity contribution is -0.127. The topological polar surface area (TPSA) is 69.7 Å². The van der Waals surface area contributed by atoms with Crippen LogP contribution in [-0.4, -0.2) is 50.2 Å². The van der Waals surface area contributed by atoms with Crippen molar-refractivity contribution in [2.24, 2.45) is 0 Å². The van der Waals surface area contributed by atoms with Crippen LogP contribution in [0.25, 0.3) is 0 Å². The molecule has 0 bridgehead atoms. The molecule has 1 N–H and O–H groups in total. The number of benzene rings is 1. The number of amides is 1. The number of likely N-dealkylation sites (tertiary alicyclic amines) is 1. The first-order valence-electron chi connectivity index (χ1n) is 7.11. The molecule has 0 spiro atoms. The van der Waals surface area contributed by atoms with Crippen molar-refractivity contribution in [2.45, 2.75) is 19.4 Å². The van der Waals surface area contributed by atoms with Crippen LogP contribution in [0.5, 0.6) is 0 Å². The highest BCUT2D eigenvalue weighted by molar-refractivity contribution is 7.87. The van der Waals surface area contributed by atoms with E-state index in [1.54, 1.807) is 4.90 Å². The van der Waals surface area contributed by atoms with Crippen LogP contribution >= 0.6 is 0 Å². The van der Waals surface area contributed by atoms with Crippen molar-refractivity contribution in [2.75, 3.05) is 26.7 Å². The molecule has 0 atom stereocenters. The van der Waals surface area contributed by atoms with Gasteiger partial charge in [-0.25, -0.2) is 4.39 Å². The van der Waals surface area contributed by atoms with Gasteiger partial charge in [-0.05, 0) is 24.1 Å². The van der Waals surface area contributed by atoms with E-state index < -0.39 is 10.2 Å². The zero-order valence-corrected chi connectivity index (χ0v) is 13.3. The molecule has 0 unspecified atom stereocenters. The molecule has 1 saturated heterocycles. The summed E-state index contributed by atoms with van der Waals surface area (Å²) in [6.45, 7) is 1.42. The Morgan fingerprint density at radius 3 is 2.59 bits per heavy atom. The quantitative estimate of drug-likeness (QED) is 0.801. The van der Waals surface area contributed by atoms with Crippen LogP contribution in [0.1, 0.15) is 18.4 Å². The minimum Gasteiger partial charge on any atom is -0.341 e. The van der Waals surface area contributed by atoms with Gasteiger partial charge in [0, 0.05) is 39.6 Å². The fourth-order valence-corrected chi connectivity index (χ4v) is 3.10. The van der Waals surface area contributed by atoms with Crippen molar-refractivity contribution in [3.63, 3.8) is 0 Å². The maximum Gasteiger partial charge on any atom is 0.279 e. The highest BCUT2D eigenvalue weighted by atomic mass is 32.2. The number of hydrogen-bond acceptors (Lipinski definition) is 3. The zero-order valence-electron chi connectivity index (χ0n) is 12.5. The molecule has 122 valence electrons. The van der Waals surface area contributed by atoms with E-state index in [0.29, 0.717) is 25.1 Å². The second-order valence-corrected chi connectivity index (χ2v) is 7.12. The van der Waals surface area contributed by atoms with E-state index >= 15 is 0 Å². The fourth-order valence-electron chi connectivity index (χ4n) is 2.21. The third-order valence-corrected chi connectivity index (χ3v) is 5.15. The highest BCUT2D eigenvalue weighted by Crippen LogP contribution is 2.09. The Balaban J connectivity index is 1.83. The molecule has 0 radical (unpaired) electrons. The summed E-state index contributed by atoms with van der Waals surface area (Å²) >= 11 is 0. The molecular formula is C14H20FN3O3S. The molecule has 0 aromatic heterocycles. The first kappa shape index (κ1) is 16.9. The van der Waals surface area contributed by atoms with Crippen LogP contribution in [0.4, 0.5) is 4.39 Å². The number of halogens is 1. The van der Waals surface area contributed by atoms with E-state index in [1.165, 1.54) is 35.6 Å². The molecule has 1 aromatic rings. The lowest BCUT2D eigenvalue weighted by Crippen LogP contribution is -2.42. The van der Waals surface area contributed by atoms with E-state index in [9.17, 15) is 17.6 Å². The first-order chi connectivity index (χ1) is 10.4. The number of rotatable bonds is 7. The van der Waals surface area contributed by atoms with Gasteiger partial charge in [0.25, 0.3) is 10.2 Å².